The molecule has 1 saturated heterocycles. The van der Waals surface area contributed by atoms with Crippen LogP contribution in [0.5, 0.6) is 5.75 Å². The van der Waals surface area contributed by atoms with Gasteiger partial charge in [-0.25, -0.2) is 0 Å². The zero-order chi connectivity index (χ0) is 16.7. The zero-order valence-electron chi connectivity index (χ0n) is 14.2. The molecule has 2 aromatic carbocycles. The molecule has 24 heavy (non-hydrogen) atoms. The summed E-state index contributed by atoms with van der Waals surface area (Å²) in [4.78, 5) is 14.9. The summed E-state index contributed by atoms with van der Waals surface area (Å²) in [6, 6.07) is 17.0. The van der Waals surface area contributed by atoms with Gasteiger partial charge in [-0.1, -0.05) is 42.5 Å². The van der Waals surface area contributed by atoms with Gasteiger partial charge in [0.05, 0.1) is 13.0 Å². The highest BCUT2D eigenvalue weighted by atomic mass is 16.5. The highest BCUT2D eigenvalue weighted by Crippen LogP contribution is 2.47. The molecular weight excluding hydrogens is 298 g/mol. The molecule has 0 aromatic heterocycles. The van der Waals surface area contributed by atoms with E-state index in [0.29, 0.717) is 6.04 Å². The van der Waals surface area contributed by atoms with Crippen LogP contribution in [-0.2, 0) is 17.6 Å². The van der Waals surface area contributed by atoms with E-state index >= 15 is 0 Å². The molecule has 0 saturated carbocycles. The van der Waals surface area contributed by atoms with Gasteiger partial charge in [0.1, 0.15) is 5.75 Å². The molecule has 2 aromatic rings. The average molecular weight is 321 g/mol. The molecule has 1 heterocycles. The number of benzene rings is 2. The summed E-state index contributed by atoms with van der Waals surface area (Å²) in [5, 5.41) is 0. The molecule has 3 nitrogen and oxygen atoms in total. The number of rotatable bonds is 3. The summed E-state index contributed by atoms with van der Waals surface area (Å²) in [7, 11) is 3.70. The fourth-order valence-electron chi connectivity index (χ4n) is 4.61. The third kappa shape index (κ3) is 2.31. The fourth-order valence-corrected chi connectivity index (χ4v) is 4.61. The Balaban J connectivity index is 1.75. The second-order valence-corrected chi connectivity index (χ2v) is 6.91. The maximum absolute atomic E-state index is 12.9. The van der Waals surface area contributed by atoms with Crippen LogP contribution in [0.3, 0.4) is 0 Å². The second-order valence-electron chi connectivity index (χ2n) is 6.91. The Kier molecular flexibility index (Phi) is 3.79. The number of ether oxygens (including phenoxy) is 1. The Morgan fingerprint density at radius 1 is 1.12 bits per heavy atom. The average Bonchev–Trinajstić information content (AvgIpc) is 2.87. The standard InChI is InChI=1S/C21H23NO2/c1-22-18-12-11-15-16(9-6-10-19(15)24-2)20(18)17(21(22)23)13-14-7-4-3-5-8-14/h3-10,17-18,20H,11-13H2,1-2H3/t17-,18+,20+/m1/s1. The molecule has 0 spiro atoms. The van der Waals surface area contributed by atoms with Crippen LogP contribution in [0.25, 0.3) is 0 Å². The Morgan fingerprint density at radius 2 is 1.92 bits per heavy atom. The highest BCUT2D eigenvalue weighted by Gasteiger charge is 2.49. The number of nitrogens with zero attached hydrogens (tertiary/aromatic N) is 1. The number of methoxy groups -OCH3 is 1. The molecule has 1 aliphatic heterocycles. The number of amides is 1. The summed E-state index contributed by atoms with van der Waals surface area (Å²) in [5.41, 5.74) is 3.84. The molecular formula is C21H23NO2. The van der Waals surface area contributed by atoms with Gasteiger partial charge in [0.2, 0.25) is 5.91 Å². The smallest absolute Gasteiger partial charge is 0.226 e. The van der Waals surface area contributed by atoms with Gasteiger partial charge in [-0.2, -0.15) is 0 Å². The van der Waals surface area contributed by atoms with Crippen LogP contribution >= 0.6 is 0 Å². The van der Waals surface area contributed by atoms with E-state index in [1.54, 1.807) is 7.11 Å². The van der Waals surface area contributed by atoms with Gasteiger partial charge in [0.25, 0.3) is 0 Å². The lowest BCUT2D eigenvalue weighted by Gasteiger charge is -2.33. The van der Waals surface area contributed by atoms with E-state index in [4.69, 9.17) is 4.74 Å². The lowest BCUT2D eigenvalue weighted by Crippen LogP contribution is -2.33. The van der Waals surface area contributed by atoms with E-state index in [9.17, 15) is 4.79 Å². The first-order valence-electron chi connectivity index (χ1n) is 8.67. The number of likely N-dealkylation sites (N-methyl/N-ethyl adjacent to an activating group) is 1. The number of fused-ring (bicyclic) bond motifs is 3. The maximum Gasteiger partial charge on any atom is 0.226 e. The topological polar surface area (TPSA) is 29.5 Å². The molecule has 0 bridgehead atoms. The van der Waals surface area contributed by atoms with Gasteiger partial charge in [0, 0.05) is 19.0 Å². The first-order chi connectivity index (χ1) is 11.7. The molecule has 1 fully saturated rings. The Morgan fingerprint density at radius 3 is 2.67 bits per heavy atom. The molecule has 3 atom stereocenters. The molecule has 0 unspecified atom stereocenters. The quantitative estimate of drug-likeness (QED) is 0.867. The van der Waals surface area contributed by atoms with Crippen LogP contribution in [0.15, 0.2) is 48.5 Å². The van der Waals surface area contributed by atoms with Crippen molar-refractivity contribution in [2.45, 2.75) is 31.2 Å². The van der Waals surface area contributed by atoms with E-state index < -0.39 is 0 Å². The van der Waals surface area contributed by atoms with Crippen molar-refractivity contribution in [2.24, 2.45) is 5.92 Å². The molecule has 3 heteroatoms. The van der Waals surface area contributed by atoms with Crippen LogP contribution < -0.4 is 4.74 Å². The Labute approximate surface area is 143 Å². The van der Waals surface area contributed by atoms with Gasteiger partial charge in [-0.3, -0.25) is 4.79 Å². The molecule has 1 amide bonds. The third-order valence-electron chi connectivity index (χ3n) is 5.75. The minimum absolute atomic E-state index is 0.0218. The zero-order valence-corrected chi connectivity index (χ0v) is 14.2. The molecule has 0 radical (unpaired) electrons. The fraction of sp³-hybridized carbons (Fsp3) is 0.381. The summed E-state index contributed by atoms with van der Waals surface area (Å²) in [6.45, 7) is 0. The third-order valence-corrected chi connectivity index (χ3v) is 5.75. The maximum atomic E-state index is 12.9. The van der Waals surface area contributed by atoms with Crippen LogP contribution in [0, 0.1) is 5.92 Å². The van der Waals surface area contributed by atoms with Crippen LogP contribution in [0.2, 0.25) is 0 Å². The van der Waals surface area contributed by atoms with E-state index in [0.717, 1.165) is 25.0 Å². The van der Waals surface area contributed by atoms with Crippen molar-refractivity contribution in [1.29, 1.82) is 0 Å². The Hall–Kier alpha value is -2.29. The SMILES string of the molecule is COc1cccc2c1CC[C@H]1[C@@H]2[C@@H](Cc2ccccc2)C(=O)N1C. The minimum atomic E-state index is 0.0218. The molecule has 0 N–H and O–H groups in total. The first-order valence-corrected chi connectivity index (χ1v) is 8.67. The van der Waals surface area contributed by atoms with E-state index in [1.165, 1.54) is 16.7 Å². The number of carbonyl (C=O) groups is 1. The second kappa shape index (κ2) is 5.97. The van der Waals surface area contributed by atoms with Gasteiger partial charge < -0.3 is 9.64 Å². The van der Waals surface area contributed by atoms with E-state index in [-0.39, 0.29) is 17.7 Å². The lowest BCUT2D eigenvalue weighted by molar-refractivity contribution is -0.130. The number of likely N-dealkylation sites (tertiary alicyclic amines) is 1. The summed E-state index contributed by atoms with van der Waals surface area (Å²) < 4.78 is 5.57. The Bertz CT molecular complexity index is 756. The molecule has 2 aliphatic rings. The van der Waals surface area contributed by atoms with Gasteiger partial charge in [-0.05, 0) is 42.0 Å². The van der Waals surface area contributed by atoms with Crippen molar-refractivity contribution in [3.05, 3.63) is 65.2 Å². The van der Waals surface area contributed by atoms with E-state index in [2.05, 4.69) is 24.3 Å². The summed E-state index contributed by atoms with van der Waals surface area (Å²) >= 11 is 0. The number of hydrogen-bond donors (Lipinski definition) is 0. The minimum Gasteiger partial charge on any atom is -0.496 e. The van der Waals surface area contributed by atoms with Crippen molar-refractivity contribution >= 4 is 5.91 Å². The van der Waals surface area contributed by atoms with Crippen molar-refractivity contribution in [3.63, 3.8) is 0 Å². The summed E-state index contributed by atoms with van der Waals surface area (Å²) in [6.07, 6.45) is 2.81. The molecule has 124 valence electrons. The highest BCUT2D eigenvalue weighted by molar-refractivity contribution is 5.84. The van der Waals surface area contributed by atoms with Crippen molar-refractivity contribution in [1.82, 2.24) is 4.90 Å². The molecule has 4 rings (SSSR count). The first kappa shape index (κ1) is 15.3. The van der Waals surface area contributed by atoms with Crippen molar-refractivity contribution in [3.8, 4) is 5.75 Å². The number of carbonyl (C=O) groups excluding carboxylic acids is 1. The van der Waals surface area contributed by atoms with E-state index in [1.807, 2.05) is 36.2 Å². The van der Waals surface area contributed by atoms with Gasteiger partial charge in [-0.15, -0.1) is 0 Å². The van der Waals surface area contributed by atoms with Crippen molar-refractivity contribution < 1.29 is 9.53 Å². The monoisotopic (exact) mass is 321 g/mol. The van der Waals surface area contributed by atoms with Crippen molar-refractivity contribution in [2.75, 3.05) is 14.2 Å². The lowest BCUT2D eigenvalue weighted by atomic mass is 9.73. The predicted octanol–water partition coefficient (Wildman–Crippen LogP) is 3.42. The van der Waals surface area contributed by atoms with Gasteiger partial charge >= 0.3 is 0 Å². The number of hydrogen-bond acceptors (Lipinski definition) is 2. The van der Waals surface area contributed by atoms with Crippen LogP contribution in [0.1, 0.15) is 29.0 Å². The molecule has 1 aliphatic carbocycles. The predicted molar refractivity (Wildman–Crippen MR) is 94.3 cm³/mol. The van der Waals surface area contributed by atoms with Gasteiger partial charge in [0.15, 0.2) is 0 Å². The van der Waals surface area contributed by atoms with Crippen LogP contribution in [-0.4, -0.2) is 31.0 Å². The largest absolute Gasteiger partial charge is 0.496 e. The normalized spacial score (nSPS) is 25.3. The summed E-state index contributed by atoms with van der Waals surface area (Å²) in [5.74, 6) is 1.53. The van der Waals surface area contributed by atoms with Crippen LogP contribution in [0.4, 0.5) is 0 Å².